The zero-order chi connectivity index (χ0) is 23.7. The third kappa shape index (κ3) is 4.29. The Balaban J connectivity index is 1.42. The number of tetrazole rings is 1. The first-order valence-corrected chi connectivity index (χ1v) is 10.4. The number of nitrogens with one attached hydrogen (secondary N) is 2. The summed E-state index contributed by atoms with van der Waals surface area (Å²) in [6.07, 6.45) is -4.64. The Hall–Kier alpha value is -4.34. The van der Waals surface area contributed by atoms with Crippen LogP contribution in [0.1, 0.15) is 17.0 Å². The molecule has 0 saturated carbocycles. The minimum absolute atomic E-state index is 0.146. The Morgan fingerprint density at radius 2 is 1.68 bits per heavy atom. The van der Waals surface area contributed by atoms with E-state index < -0.39 is 12.0 Å². The smallest absolute Gasteiger partial charge is 0.365 e. The number of anilines is 1. The molecule has 0 spiro atoms. The van der Waals surface area contributed by atoms with Gasteiger partial charge in [0.2, 0.25) is 11.6 Å². The van der Waals surface area contributed by atoms with E-state index in [1.165, 1.54) is 0 Å². The van der Waals surface area contributed by atoms with Crippen molar-refractivity contribution in [1.82, 2.24) is 30.6 Å². The zero-order valence-electron chi connectivity index (χ0n) is 17.9. The Morgan fingerprint density at radius 3 is 2.38 bits per heavy atom. The lowest BCUT2D eigenvalue weighted by atomic mass is 9.98. The normalized spacial score (nSPS) is 11.6. The summed E-state index contributed by atoms with van der Waals surface area (Å²) >= 11 is 0. The Morgan fingerprint density at radius 1 is 0.912 bits per heavy atom. The Labute approximate surface area is 192 Å². The van der Waals surface area contributed by atoms with Crippen molar-refractivity contribution in [2.75, 3.05) is 5.32 Å². The highest BCUT2D eigenvalue weighted by Crippen LogP contribution is 2.32. The summed E-state index contributed by atoms with van der Waals surface area (Å²) in [5, 5.41) is 17.8. The molecule has 0 aliphatic carbocycles. The van der Waals surface area contributed by atoms with Crippen LogP contribution in [0.15, 0.2) is 66.7 Å². The van der Waals surface area contributed by atoms with Gasteiger partial charge in [0.1, 0.15) is 5.82 Å². The molecule has 10 heteroatoms. The number of hydrogen-bond acceptors (Lipinski definition) is 6. The van der Waals surface area contributed by atoms with E-state index in [1.54, 1.807) is 18.2 Å². The molecule has 7 nitrogen and oxygen atoms in total. The molecule has 34 heavy (non-hydrogen) atoms. The predicted molar refractivity (Wildman–Crippen MR) is 122 cm³/mol. The second-order valence-corrected chi connectivity index (χ2v) is 7.75. The number of rotatable bonds is 5. The maximum atomic E-state index is 13.3. The van der Waals surface area contributed by atoms with Gasteiger partial charge in [-0.15, -0.1) is 10.2 Å². The van der Waals surface area contributed by atoms with Crippen molar-refractivity contribution in [2.24, 2.45) is 0 Å². The first kappa shape index (κ1) is 21.5. The van der Waals surface area contributed by atoms with E-state index in [9.17, 15) is 13.2 Å². The molecule has 170 valence electrons. The molecular weight excluding hydrogens is 443 g/mol. The van der Waals surface area contributed by atoms with Crippen molar-refractivity contribution in [1.29, 1.82) is 0 Å². The molecule has 0 aliphatic heterocycles. The van der Waals surface area contributed by atoms with Gasteiger partial charge < -0.3 is 5.32 Å². The van der Waals surface area contributed by atoms with Crippen LogP contribution in [-0.4, -0.2) is 30.6 Å². The van der Waals surface area contributed by atoms with E-state index in [0.29, 0.717) is 17.8 Å². The van der Waals surface area contributed by atoms with E-state index in [2.05, 4.69) is 35.9 Å². The zero-order valence-corrected chi connectivity index (χ0v) is 17.9. The van der Waals surface area contributed by atoms with Gasteiger partial charge in [-0.1, -0.05) is 60.2 Å². The highest BCUT2D eigenvalue weighted by atomic mass is 19.4. The standard InChI is InChI=1S/C24H18F3N7/c1-14-6-11-20-19(12-14)21(30-23(29-20)24(25,26)27)28-13-15-7-9-16(10-8-15)17-4-2-3-5-18(17)22-31-33-34-32-22/h2-12H,13H2,1H3,(H,28,29,30)(H,31,32,33,34). The van der Waals surface area contributed by atoms with Gasteiger partial charge in [0.25, 0.3) is 0 Å². The van der Waals surface area contributed by atoms with Gasteiger partial charge in [-0.3, -0.25) is 0 Å². The molecule has 0 aliphatic rings. The molecular formula is C24H18F3N7. The molecule has 2 heterocycles. The van der Waals surface area contributed by atoms with E-state index in [0.717, 1.165) is 27.8 Å². The first-order chi connectivity index (χ1) is 16.4. The lowest BCUT2D eigenvalue weighted by Gasteiger charge is -2.13. The number of aryl methyl sites for hydroxylation is 1. The van der Waals surface area contributed by atoms with E-state index in [1.807, 2.05) is 55.5 Å². The van der Waals surface area contributed by atoms with Crippen molar-refractivity contribution >= 4 is 16.7 Å². The summed E-state index contributed by atoms with van der Waals surface area (Å²) in [4.78, 5) is 7.45. The summed E-state index contributed by atoms with van der Waals surface area (Å²) in [6, 6.07) is 20.5. The number of alkyl halides is 3. The van der Waals surface area contributed by atoms with E-state index in [4.69, 9.17) is 0 Å². The average molecular weight is 461 g/mol. The summed E-state index contributed by atoms with van der Waals surface area (Å²) in [5.74, 6) is -0.528. The summed E-state index contributed by atoms with van der Waals surface area (Å²) in [6.45, 7) is 2.16. The van der Waals surface area contributed by atoms with Gasteiger partial charge in [-0.05, 0) is 41.0 Å². The molecule has 2 N–H and O–H groups in total. The van der Waals surface area contributed by atoms with Crippen LogP contribution >= 0.6 is 0 Å². The number of aromatic amines is 1. The number of hydrogen-bond donors (Lipinski definition) is 2. The van der Waals surface area contributed by atoms with Gasteiger partial charge in [-0.2, -0.15) is 18.4 Å². The second-order valence-electron chi connectivity index (χ2n) is 7.75. The van der Waals surface area contributed by atoms with Gasteiger partial charge in [0.15, 0.2) is 0 Å². The maximum absolute atomic E-state index is 13.3. The number of halogens is 3. The molecule has 0 radical (unpaired) electrons. The third-order valence-corrected chi connectivity index (χ3v) is 5.34. The molecule has 0 bridgehead atoms. The van der Waals surface area contributed by atoms with Crippen LogP contribution in [0.25, 0.3) is 33.4 Å². The molecule has 5 aromatic rings. The Kier molecular flexibility index (Phi) is 5.40. The number of aromatic nitrogens is 6. The monoisotopic (exact) mass is 461 g/mol. The molecule has 0 amide bonds. The fourth-order valence-electron chi connectivity index (χ4n) is 3.70. The van der Waals surface area contributed by atoms with Crippen LogP contribution in [0.5, 0.6) is 0 Å². The molecule has 5 rings (SSSR count). The van der Waals surface area contributed by atoms with Crippen molar-refractivity contribution in [3.8, 4) is 22.5 Å². The number of nitrogens with zero attached hydrogens (tertiary/aromatic N) is 5. The van der Waals surface area contributed by atoms with Crippen LogP contribution in [0, 0.1) is 6.92 Å². The quantitative estimate of drug-likeness (QED) is 0.363. The topological polar surface area (TPSA) is 92.3 Å². The number of H-pyrrole nitrogens is 1. The summed E-state index contributed by atoms with van der Waals surface area (Å²) < 4.78 is 39.9. The van der Waals surface area contributed by atoms with Crippen molar-refractivity contribution in [3.05, 3.63) is 83.7 Å². The second kappa shape index (κ2) is 8.54. The van der Waals surface area contributed by atoms with Crippen molar-refractivity contribution in [3.63, 3.8) is 0 Å². The lowest BCUT2D eigenvalue weighted by Crippen LogP contribution is -2.13. The molecule has 2 aromatic heterocycles. The Bertz CT molecular complexity index is 1450. The SMILES string of the molecule is Cc1ccc2nc(C(F)(F)F)nc(NCc3ccc(-c4ccccc4-c4nn[nH]n4)cc3)c2c1. The fraction of sp³-hybridized carbons (Fsp3) is 0.125. The van der Waals surface area contributed by atoms with Crippen LogP contribution < -0.4 is 5.32 Å². The number of fused-ring (bicyclic) bond motifs is 1. The maximum Gasteiger partial charge on any atom is 0.451 e. The predicted octanol–water partition coefficient (Wildman–Crippen LogP) is 5.42. The molecule has 0 fully saturated rings. The first-order valence-electron chi connectivity index (χ1n) is 10.4. The highest BCUT2D eigenvalue weighted by molar-refractivity contribution is 5.89. The fourth-order valence-corrected chi connectivity index (χ4v) is 3.70. The van der Waals surface area contributed by atoms with E-state index in [-0.39, 0.29) is 11.3 Å². The van der Waals surface area contributed by atoms with Gasteiger partial charge >= 0.3 is 6.18 Å². The third-order valence-electron chi connectivity index (χ3n) is 5.34. The molecule has 3 aromatic carbocycles. The van der Waals surface area contributed by atoms with Crippen molar-refractivity contribution < 1.29 is 13.2 Å². The van der Waals surface area contributed by atoms with Gasteiger partial charge in [-0.25, -0.2) is 9.97 Å². The highest BCUT2D eigenvalue weighted by Gasteiger charge is 2.35. The molecule has 0 saturated heterocycles. The van der Waals surface area contributed by atoms with Crippen LogP contribution in [-0.2, 0) is 12.7 Å². The van der Waals surface area contributed by atoms with Crippen LogP contribution in [0.4, 0.5) is 19.0 Å². The largest absolute Gasteiger partial charge is 0.451 e. The molecule has 0 unspecified atom stereocenters. The molecule has 0 atom stereocenters. The van der Waals surface area contributed by atoms with Crippen LogP contribution in [0.2, 0.25) is 0 Å². The average Bonchev–Trinajstić information content (AvgIpc) is 3.37. The minimum atomic E-state index is -4.64. The number of benzene rings is 3. The van der Waals surface area contributed by atoms with Gasteiger partial charge in [0.05, 0.1) is 5.52 Å². The minimum Gasteiger partial charge on any atom is -0.365 e. The van der Waals surface area contributed by atoms with E-state index >= 15 is 0 Å². The summed E-state index contributed by atoms with van der Waals surface area (Å²) in [7, 11) is 0. The van der Waals surface area contributed by atoms with Crippen LogP contribution in [0.3, 0.4) is 0 Å². The van der Waals surface area contributed by atoms with Crippen molar-refractivity contribution in [2.45, 2.75) is 19.6 Å². The lowest BCUT2D eigenvalue weighted by molar-refractivity contribution is -0.144. The van der Waals surface area contributed by atoms with Gasteiger partial charge in [0, 0.05) is 17.5 Å². The summed E-state index contributed by atoms with van der Waals surface area (Å²) in [5.41, 5.74) is 4.76.